The predicted molar refractivity (Wildman–Crippen MR) is 56.0 cm³/mol. The molecule has 3 nitrogen and oxygen atoms in total. The number of rotatable bonds is 6. The fourth-order valence-electron chi connectivity index (χ4n) is 1.53. The molecule has 0 aromatic heterocycles. The molecule has 0 heterocycles. The first kappa shape index (κ1) is 12.4. The van der Waals surface area contributed by atoms with E-state index in [1.807, 2.05) is 0 Å². The largest absolute Gasteiger partial charge is 0.544 e. The quantitative estimate of drug-likeness (QED) is 0.638. The number of quaternary nitrogens is 1. The zero-order valence-electron chi connectivity index (χ0n) is 8.91. The van der Waals surface area contributed by atoms with Gasteiger partial charge in [-0.2, -0.15) is 0 Å². The average Bonchev–Trinajstić information content (AvgIpc) is 2.21. The number of carbonyl (C=O) groups is 1. The lowest BCUT2D eigenvalue weighted by molar-refractivity contribution is -0.902. The van der Waals surface area contributed by atoms with Crippen LogP contribution in [-0.2, 0) is 11.3 Å². The highest BCUT2D eigenvalue weighted by molar-refractivity contribution is 5.65. The van der Waals surface area contributed by atoms with Gasteiger partial charge in [0.05, 0.1) is 12.5 Å². The summed E-state index contributed by atoms with van der Waals surface area (Å²) in [4.78, 5) is 11.2. The normalized spacial score (nSPS) is 12.1. The Morgan fingerprint density at radius 2 is 2.19 bits per heavy atom. The first-order chi connectivity index (χ1) is 7.63. The van der Waals surface area contributed by atoms with Gasteiger partial charge in [0, 0.05) is 5.56 Å². The van der Waals surface area contributed by atoms with Crippen molar-refractivity contribution in [1.29, 1.82) is 0 Å². The highest BCUT2D eigenvalue weighted by Gasteiger charge is 2.10. The molecule has 1 rings (SSSR count). The van der Waals surface area contributed by atoms with E-state index in [1.54, 1.807) is 24.3 Å². The zero-order chi connectivity index (χ0) is 12.0. The number of carboxylic acids is 1. The Morgan fingerprint density at radius 3 is 2.75 bits per heavy atom. The number of hydrogen-bond acceptors (Lipinski definition) is 2. The summed E-state index contributed by atoms with van der Waals surface area (Å²) in [7, 11) is 0. The smallest absolute Gasteiger partial charge is 0.132 e. The van der Waals surface area contributed by atoms with Crippen LogP contribution in [0.5, 0.6) is 0 Å². The molecule has 1 aromatic rings. The van der Waals surface area contributed by atoms with Gasteiger partial charge in [-0.3, -0.25) is 0 Å². The molecule has 1 atom stereocenters. The Morgan fingerprint density at radius 1 is 1.50 bits per heavy atom. The number of halogens is 1. The molecule has 0 saturated heterocycles. The van der Waals surface area contributed by atoms with Crippen molar-refractivity contribution >= 4 is 5.97 Å². The van der Waals surface area contributed by atoms with Crippen molar-refractivity contribution in [3.8, 4) is 0 Å². The zero-order valence-corrected chi connectivity index (χ0v) is 8.91. The molecule has 1 unspecified atom stereocenters. The second-order valence-corrected chi connectivity index (χ2v) is 3.56. The fourth-order valence-corrected chi connectivity index (χ4v) is 1.53. The molecular weight excluding hydrogens is 209 g/mol. The summed E-state index contributed by atoms with van der Waals surface area (Å²) in [6.45, 7) is 4.16. The van der Waals surface area contributed by atoms with E-state index in [0.717, 1.165) is 0 Å². The monoisotopic (exact) mass is 223 g/mol. The summed E-state index contributed by atoms with van der Waals surface area (Å²) >= 11 is 0. The molecule has 0 saturated carbocycles. The summed E-state index contributed by atoms with van der Waals surface area (Å²) in [5, 5.41) is 10.5. The van der Waals surface area contributed by atoms with Gasteiger partial charge in [0.1, 0.15) is 18.9 Å². The third-order valence-electron chi connectivity index (χ3n) is 2.23. The maximum absolute atomic E-state index is 13.3. The topological polar surface area (TPSA) is 44.6 Å². The van der Waals surface area contributed by atoms with E-state index in [-0.39, 0.29) is 12.4 Å². The van der Waals surface area contributed by atoms with Gasteiger partial charge in [-0.05, 0) is 12.1 Å². The van der Waals surface area contributed by atoms with Crippen LogP contribution in [-0.4, -0.2) is 19.1 Å². The van der Waals surface area contributed by atoms with Crippen molar-refractivity contribution in [3.63, 3.8) is 0 Å². The molecule has 0 aliphatic heterocycles. The molecule has 86 valence electrons. The third kappa shape index (κ3) is 3.82. The van der Waals surface area contributed by atoms with Crippen LogP contribution >= 0.6 is 0 Å². The summed E-state index contributed by atoms with van der Waals surface area (Å²) in [6.07, 6.45) is 1.61. The Labute approximate surface area is 93.8 Å². The summed E-state index contributed by atoms with van der Waals surface area (Å²) in [5.41, 5.74) is 0.501. The molecule has 4 heteroatoms. The van der Waals surface area contributed by atoms with Crippen molar-refractivity contribution in [2.45, 2.75) is 6.54 Å². The van der Waals surface area contributed by atoms with Crippen molar-refractivity contribution in [3.05, 3.63) is 48.3 Å². The lowest BCUT2D eigenvalue weighted by Crippen LogP contribution is -3.11. The van der Waals surface area contributed by atoms with Crippen molar-refractivity contribution in [1.82, 2.24) is 0 Å². The van der Waals surface area contributed by atoms with Gasteiger partial charge in [-0.25, -0.2) is 4.39 Å². The predicted octanol–water partition coefficient (Wildman–Crippen LogP) is -0.853. The molecule has 0 radical (unpaired) electrons. The lowest BCUT2D eigenvalue weighted by Gasteiger charge is -2.18. The van der Waals surface area contributed by atoms with Crippen LogP contribution in [0.3, 0.4) is 0 Å². The Balaban J connectivity index is 2.71. The Bertz CT molecular complexity index is 379. The fraction of sp³-hybridized carbons (Fsp3) is 0.250. The van der Waals surface area contributed by atoms with E-state index in [0.29, 0.717) is 23.6 Å². The molecule has 1 aromatic carbocycles. The van der Waals surface area contributed by atoms with Crippen molar-refractivity contribution in [2.75, 3.05) is 13.1 Å². The van der Waals surface area contributed by atoms with E-state index < -0.39 is 5.97 Å². The van der Waals surface area contributed by atoms with Crippen LogP contribution in [0.25, 0.3) is 0 Å². The number of aliphatic carboxylic acids is 1. The first-order valence-electron chi connectivity index (χ1n) is 5.01. The summed E-state index contributed by atoms with van der Waals surface area (Å²) in [5.74, 6) is -1.46. The number of nitrogens with one attached hydrogen (secondary N) is 1. The third-order valence-corrected chi connectivity index (χ3v) is 2.23. The highest BCUT2D eigenvalue weighted by atomic mass is 19.1. The molecule has 0 amide bonds. The minimum absolute atomic E-state index is 0.152. The van der Waals surface area contributed by atoms with Crippen molar-refractivity contribution < 1.29 is 19.2 Å². The molecule has 0 bridgehead atoms. The van der Waals surface area contributed by atoms with Crippen LogP contribution in [0.15, 0.2) is 36.9 Å². The van der Waals surface area contributed by atoms with Gasteiger partial charge < -0.3 is 14.8 Å². The van der Waals surface area contributed by atoms with Crippen LogP contribution < -0.4 is 10.0 Å². The molecule has 0 spiro atoms. The maximum Gasteiger partial charge on any atom is 0.132 e. The van der Waals surface area contributed by atoms with Gasteiger partial charge in [0.2, 0.25) is 0 Å². The lowest BCUT2D eigenvalue weighted by atomic mass is 10.2. The number of carboxylic acid groups (broad SMARTS) is 1. The molecule has 16 heavy (non-hydrogen) atoms. The highest BCUT2D eigenvalue weighted by Crippen LogP contribution is 2.03. The molecule has 0 fully saturated rings. The van der Waals surface area contributed by atoms with Crippen LogP contribution in [0.1, 0.15) is 5.56 Å². The van der Waals surface area contributed by atoms with E-state index in [1.165, 1.54) is 6.07 Å². The maximum atomic E-state index is 13.3. The van der Waals surface area contributed by atoms with Crippen molar-refractivity contribution in [2.24, 2.45) is 0 Å². The molecule has 0 aliphatic carbocycles. The van der Waals surface area contributed by atoms with Gasteiger partial charge in [0.25, 0.3) is 0 Å². The number of hydrogen-bond donors (Lipinski definition) is 1. The SMILES string of the molecule is C=CC[NH+](CC(=O)[O-])Cc1ccccc1F. The molecule has 0 aliphatic rings. The minimum atomic E-state index is -1.15. The second kappa shape index (κ2) is 6.02. The van der Waals surface area contributed by atoms with Gasteiger partial charge >= 0.3 is 0 Å². The van der Waals surface area contributed by atoms with Gasteiger partial charge in [0.15, 0.2) is 0 Å². The first-order valence-corrected chi connectivity index (χ1v) is 5.01. The molecular formula is C12H14FNO2. The Kier molecular flexibility index (Phi) is 4.66. The van der Waals surface area contributed by atoms with E-state index in [2.05, 4.69) is 6.58 Å². The van der Waals surface area contributed by atoms with E-state index >= 15 is 0 Å². The minimum Gasteiger partial charge on any atom is -0.544 e. The number of benzene rings is 1. The van der Waals surface area contributed by atoms with Gasteiger partial charge in [-0.1, -0.05) is 24.8 Å². The average molecular weight is 223 g/mol. The van der Waals surface area contributed by atoms with Crippen LogP contribution in [0.4, 0.5) is 4.39 Å². The van der Waals surface area contributed by atoms with E-state index in [4.69, 9.17) is 0 Å². The molecule has 1 N–H and O–H groups in total. The van der Waals surface area contributed by atoms with Crippen LogP contribution in [0.2, 0.25) is 0 Å². The summed E-state index contributed by atoms with van der Waals surface area (Å²) < 4.78 is 13.3. The Hall–Kier alpha value is -1.68. The van der Waals surface area contributed by atoms with Crippen LogP contribution in [0, 0.1) is 5.82 Å². The van der Waals surface area contributed by atoms with E-state index in [9.17, 15) is 14.3 Å². The second-order valence-electron chi connectivity index (χ2n) is 3.56. The standard InChI is InChI=1S/C12H14FNO2/c1-2-7-14(9-12(15)16)8-10-5-3-4-6-11(10)13/h2-6H,1,7-9H2,(H,15,16). The number of carbonyl (C=O) groups excluding carboxylic acids is 1. The summed E-state index contributed by atoms with van der Waals surface area (Å²) in [6, 6.07) is 6.33. The van der Waals surface area contributed by atoms with Gasteiger partial charge in [-0.15, -0.1) is 0 Å².